The molecule has 1 heterocycles. The summed E-state index contributed by atoms with van der Waals surface area (Å²) < 4.78 is 9.86. The zero-order valence-corrected chi connectivity index (χ0v) is 20.6. The van der Waals surface area contributed by atoms with E-state index in [-0.39, 0.29) is 0 Å². The number of aryl methyl sites for hydroxylation is 1. The fraction of sp³-hybridized carbons (Fsp3) is 0.194. The molecule has 0 spiro atoms. The number of benzene rings is 3. The second-order valence-electron chi connectivity index (χ2n) is 8.78. The van der Waals surface area contributed by atoms with Crippen LogP contribution in [0, 0.1) is 6.92 Å². The topological polar surface area (TPSA) is 44.1 Å². The van der Waals surface area contributed by atoms with Gasteiger partial charge in [0.05, 0.1) is 19.1 Å². The molecule has 178 valence electrons. The Hall–Kier alpha value is -4.05. The van der Waals surface area contributed by atoms with E-state index in [9.17, 15) is 0 Å². The summed E-state index contributed by atoms with van der Waals surface area (Å²) in [4.78, 5) is 0. The number of nitrogens with zero attached hydrogens (tertiary/aromatic N) is 2. The van der Waals surface area contributed by atoms with E-state index in [4.69, 9.17) is 10.5 Å². The Balaban J connectivity index is 1.55. The molecular weight excluding hydrogens is 430 g/mol. The molecule has 1 aromatic heterocycles. The van der Waals surface area contributed by atoms with Crippen molar-refractivity contribution in [2.75, 3.05) is 7.11 Å². The van der Waals surface area contributed by atoms with Gasteiger partial charge in [-0.05, 0) is 34.9 Å². The van der Waals surface area contributed by atoms with Crippen LogP contribution in [0.3, 0.4) is 0 Å². The van der Waals surface area contributed by atoms with Gasteiger partial charge in [-0.2, -0.15) is 0 Å². The standard InChI is InChI=1S/C31H34N3O/c1-25(32)31(28-14-6-4-7-15-28,29-16-8-5-9-17-29)19-21-34-23-22-33(26(34)2)20-11-13-27-12-10-18-30(24-27)35-3/h4-18,22-24H,1,19-21,32H2,2-3H3/q+1/b13-11+. The summed E-state index contributed by atoms with van der Waals surface area (Å²) in [6, 6.07) is 29.0. The van der Waals surface area contributed by atoms with E-state index in [1.807, 2.05) is 30.3 Å². The second-order valence-corrected chi connectivity index (χ2v) is 8.78. The summed E-state index contributed by atoms with van der Waals surface area (Å²) in [5, 5.41) is 0. The smallest absolute Gasteiger partial charge is 0.253 e. The maximum atomic E-state index is 6.56. The first-order chi connectivity index (χ1) is 17.0. The molecule has 0 fully saturated rings. The van der Waals surface area contributed by atoms with Crippen LogP contribution in [0.1, 0.15) is 28.9 Å². The molecule has 0 bridgehead atoms. The number of imidazole rings is 1. The Morgan fingerprint density at radius 1 is 1.00 bits per heavy atom. The summed E-state index contributed by atoms with van der Waals surface area (Å²) in [6.45, 7) is 8.02. The number of rotatable bonds is 10. The minimum absolute atomic E-state index is 0.462. The van der Waals surface area contributed by atoms with Crippen molar-refractivity contribution in [3.8, 4) is 5.75 Å². The average Bonchev–Trinajstić information content (AvgIpc) is 3.25. The molecule has 0 radical (unpaired) electrons. The molecule has 4 rings (SSSR count). The van der Waals surface area contributed by atoms with Crippen LogP contribution < -0.4 is 15.0 Å². The van der Waals surface area contributed by atoms with Gasteiger partial charge in [-0.15, -0.1) is 0 Å². The number of nitrogens with two attached hydrogens (primary N) is 1. The maximum absolute atomic E-state index is 6.56. The molecule has 2 N–H and O–H groups in total. The van der Waals surface area contributed by atoms with E-state index in [1.165, 1.54) is 5.82 Å². The van der Waals surface area contributed by atoms with Crippen LogP contribution in [0.5, 0.6) is 5.75 Å². The van der Waals surface area contributed by atoms with E-state index in [2.05, 4.69) is 102 Å². The van der Waals surface area contributed by atoms with Crippen LogP contribution in [0.4, 0.5) is 0 Å². The van der Waals surface area contributed by atoms with Gasteiger partial charge in [0.2, 0.25) is 0 Å². The molecule has 3 aromatic carbocycles. The molecule has 0 amide bonds. The predicted octanol–water partition coefficient (Wildman–Crippen LogP) is 5.65. The lowest BCUT2D eigenvalue weighted by Gasteiger charge is -2.35. The minimum atomic E-state index is -0.462. The number of ether oxygens (including phenoxy) is 1. The third-order valence-corrected chi connectivity index (χ3v) is 6.77. The van der Waals surface area contributed by atoms with Crippen molar-refractivity contribution < 1.29 is 9.30 Å². The molecule has 0 saturated carbocycles. The highest BCUT2D eigenvalue weighted by atomic mass is 16.5. The van der Waals surface area contributed by atoms with E-state index in [0.717, 1.165) is 42.0 Å². The van der Waals surface area contributed by atoms with E-state index >= 15 is 0 Å². The maximum Gasteiger partial charge on any atom is 0.253 e. The van der Waals surface area contributed by atoms with Gasteiger partial charge in [-0.25, -0.2) is 9.13 Å². The third-order valence-electron chi connectivity index (χ3n) is 6.77. The van der Waals surface area contributed by atoms with Gasteiger partial charge in [0.1, 0.15) is 24.7 Å². The molecule has 0 atom stereocenters. The highest BCUT2D eigenvalue weighted by Gasteiger charge is 2.36. The number of hydrogen-bond acceptors (Lipinski definition) is 2. The summed E-state index contributed by atoms with van der Waals surface area (Å²) in [6.07, 6.45) is 9.39. The fourth-order valence-electron chi connectivity index (χ4n) is 4.74. The molecule has 4 heteroatoms. The van der Waals surface area contributed by atoms with Crippen LogP contribution in [0.15, 0.2) is 116 Å². The Morgan fingerprint density at radius 3 is 2.26 bits per heavy atom. The summed E-state index contributed by atoms with van der Waals surface area (Å²) in [5.41, 5.74) is 10.2. The summed E-state index contributed by atoms with van der Waals surface area (Å²) >= 11 is 0. The minimum Gasteiger partial charge on any atom is -0.497 e. The van der Waals surface area contributed by atoms with Crippen molar-refractivity contribution in [3.05, 3.63) is 138 Å². The van der Waals surface area contributed by atoms with Crippen molar-refractivity contribution in [1.29, 1.82) is 0 Å². The first-order valence-corrected chi connectivity index (χ1v) is 12.0. The monoisotopic (exact) mass is 464 g/mol. The normalized spacial score (nSPS) is 11.6. The third kappa shape index (κ3) is 5.22. The van der Waals surface area contributed by atoms with Crippen molar-refractivity contribution in [2.24, 2.45) is 5.73 Å². The van der Waals surface area contributed by atoms with Crippen molar-refractivity contribution in [2.45, 2.75) is 31.8 Å². The quantitative estimate of drug-likeness (QED) is 0.308. The second kappa shape index (κ2) is 10.9. The van der Waals surface area contributed by atoms with Gasteiger partial charge in [-0.1, -0.05) is 85.5 Å². The van der Waals surface area contributed by atoms with Gasteiger partial charge in [-0.3, -0.25) is 0 Å². The summed E-state index contributed by atoms with van der Waals surface area (Å²) in [5.74, 6) is 2.06. The van der Waals surface area contributed by atoms with Crippen LogP contribution in [-0.4, -0.2) is 11.7 Å². The lowest BCUT2D eigenvalue weighted by molar-refractivity contribution is -0.692. The number of aromatic nitrogens is 2. The first kappa shape index (κ1) is 24.1. The van der Waals surface area contributed by atoms with Gasteiger partial charge in [0, 0.05) is 19.0 Å². The van der Waals surface area contributed by atoms with Gasteiger partial charge < -0.3 is 10.5 Å². The van der Waals surface area contributed by atoms with Gasteiger partial charge >= 0.3 is 0 Å². The zero-order valence-electron chi connectivity index (χ0n) is 20.6. The molecule has 0 aliphatic carbocycles. The molecule has 0 aliphatic heterocycles. The molecule has 0 unspecified atom stereocenters. The Kier molecular flexibility index (Phi) is 7.51. The van der Waals surface area contributed by atoms with Crippen molar-refractivity contribution in [1.82, 2.24) is 4.57 Å². The van der Waals surface area contributed by atoms with Gasteiger partial charge in [0.25, 0.3) is 5.82 Å². The lowest BCUT2D eigenvalue weighted by atomic mass is 9.70. The Labute approximate surface area is 208 Å². The molecule has 4 nitrogen and oxygen atoms in total. The summed E-state index contributed by atoms with van der Waals surface area (Å²) in [7, 11) is 1.69. The van der Waals surface area contributed by atoms with E-state index < -0.39 is 5.41 Å². The number of methoxy groups -OCH3 is 1. The van der Waals surface area contributed by atoms with Gasteiger partial charge in [0.15, 0.2) is 0 Å². The van der Waals surface area contributed by atoms with Crippen LogP contribution in [-0.2, 0) is 18.5 Å². The van der Waals surface area contributed by atoms with Crippen molar-refractivity contribution >= 4 is 6.08 Å². The van der Waals surface area contributed by atoms with Crippen LogP contribution >= 0.6 is 0 Å². The average molecular weight is 465 g/mol. The SMILES string of the molecule is C=C(N)C(CCn1cc[n+](C/C=C/c2cccc(OC)c2)c1C)(c1ccccc1)c1ccccc1. The predicted molar refractivity (Wildman–Crippen MR) is 143 cm³/mol. The lowest BCUT2D eigenvalue weighted by Crippen LogP contribution is -2.37. The van der Waals surface area contributed by atoms with E-state index in [1.54, 1.807) is 7.11 Å². The largest absolute Gasteiger partial charge is 0.497 e. The molecule has 4 aromatic rings. The Bertz CT molecular complexity index is 1250. The molecule has 0 saturated heterocycles. The number of hydrogen-bond donors (Lipinski definition) is 1. The number of allylic oxidation sites excluding steroid dienone is 2. The molecule has 0 aliphatic rings. The first-order valence-electron chi connectivity index (χ1n) is 12.0. The van der Waals surface area contributed by atoms with Crippen LogP contribution in [0.2, 0.25) is 0 Å². The van der Waals surface area contributed by atoms with Crippen LogP contribution in [0.25, 0.3) is 6.08 Å². The highest BCUT2D eigenvalue weighted by Crippen LogP contribution is 2.40. The van der Waals surface area contributed by atoms with Crippen molar-refractivity contribution in [3.63, 3.8) is 0 Å². The highest BCUT2D eigenvalue weighted by molar-refractivity contribution is 5.51. The molecular formula is C31H34N3O+. The van der Waals surface area contributed by atoms with E-state index in [0.29, 0.717) is 5.70 Å². The molecule has 35 heavy (non-hydrogen) atoms. The zero-order chi connectivity index (χ0) is 24.7. The fourth-order valence-corrected chi connectivity index (χ4v) is 4.74. The Morgan fingerprint density at radius 2 is 1.66 bits per heavy atom.